The van der Waals surface area contributed by atoms with Gasteiger partial charge in [0.05, 0.1) is 17.6 Å². The molecule has 0 bridgehead atoms. The molecule has 0 saturated heterocycles. The van der Waals surface area contributed by atoms with Gasteiger partial charge in [-0.3, -0.25) is 9.59 Å². The summed E-state index contributed by atoms with van der Waals surface area (Å²) in [5.41, 5.74) is 1.94. The summed E-state index contributed by atoms with van der Waals surface area (Å²) in [6.45, 7) is 0.333. The third kappa shape index (κ3) is 4.27. The van der Waals surface area contributed by atoms with E-state index in [2.05, 4.69) is 4.98 Å². The van der Waals surface area contributed by atoms with Gasteiger partial charge in [-0.05, 0) is 29.8 Å². The van der Waals surface area contributed by atoms with E-state index >= 15 is 0 Å². The molecule has 4 rings (SSSR count). The van der Waals surface area contributed by atoms with E-state index in [1.807, 2.05) is 54.6 Å². The maximum Gasteiger partial charge on any atom is 0.257 e. The number of benzene rings is 2. The summed E-state index contributed by atoms with van der Waals surface area (Å²) < 4.78 is 5.57. The van der Waals surface area contributed by atoms with Gasteiger partial charge in [-0.25, -0.2) is 0 Å². The highest BCUT2D eigenvalue weighted by molar-refractivity contribution is 7.98. The summed E-state index contributed by atoms with van der Waals surface area (Å²) in [5, 5.41) is 0.929. The molecule has 0 radical (unpaired) electrons. The zero-order valence-electron chi connectivity index (χ0n) is 15.9. The molecule has 0 spiro atoms. The fourth-order valence-corrected chi connectivity index (χ4v) is 4.12. The molecule has 4 aromatic rings. The van der Waals surface area contributed by atoms with Crippen molar-refractivity contribution in [3.8, 4) is 0 Å². The highest BCUT2D eigenvalue weighted by atomic mass is 32.2. The van der Waals surface area contributed by atoms with Crippen LogP contribution >= 0.6 is 11.8 Å². The van der Waals surface area contributed by atoms with Crippen molar-refractivity contribution >= 4 is 28.6 Å². The van der Waals surface area contributed by atoms with Gasteiger partial charge in [-0.1, -0.05) is 36.4 Å². The topological polar surface area (TPSA) is 66.3 Å². The van der Waals surface area contributed by atoms with Crippen LogP contribution in [0.1, 0.15) is 21.7 Å². The number of aromatic nitrogens is 1. The predicted octanol–water partition coefficient (Wildman–Crippen LogP) is 4.69. The Labute approximate surface area is 172 Å². The Morgan fingerprint density at radius 3 is 2.66 bits per heavy atom. The van der Waals surface area contributed by atoms with Crippen LogP contribution in [0.4, 0.5) is 0 Å². The van der Waals surface area contributed by atoms with Gasteiger partial charge >= 0.3 is 0 Å². The monoisotopic (exact) mass is 404 g/mol. The molecule has 0 atom stereocenters. The van der Waals surface area contributed by atoms with Crippen molar-refractivity contribution in [1.82, 2.24) is 9.88 Å². The number of thioether (sulfide) groups is 1. The number of para-hydroxylation sites is 1. The Kier molecular flexibility index (Phi) is 5.53. The number of rotatable bonds is 6. The number of H-pyrrole nitrogens is 1. The third-order valence-electron chi connectivity index (χ3n) is 4.68. The zero-order chi connectivity index (χ0) is 20.2. The minimum absolute atomic E-state index is 0.133. The fraction of sp³-hybridized carbons (Fsp3) is 0.130. The van der Waals surface area contributed by atoms with E-state index in [-0.39, 0.29) is 11.5 Å². The molecular weight excluding hydrogens is 384 g/mol. The molecule has 5 nitrogen and oxygen atoms in total. The third-order valence-corrected chi connectivity index (χ3v) is 5.69. The van der Waals surface area contributed by atoms with Gasteiger partial charge in [-0.15, -0.1) is 11.8 Å². The summed E-state index contributed by atoms with van der Waals surface area (Å²) in [7, 11) is 1.74. The Bertz CT molecular complexity index is 1200. The first-order chi connectivity index (χ1) is 14.1. The van der Waals surface area contributed by atoms with E-state index in [9.17, 15) is 9.59 Å². The van der Waals surface area contributed by atoms with Gasteiger partial charge in [0, 0.05) is 35.5 Å². The predicted molar refractivity (Wildman–Crippen MR) is 115 cm³/mol. The standard InChI is InChI=1S/C23H20N2O3S/c1-25(14-16-13-22(26)24-20-10-6-5-9-18(16)20)23(27)19-11-12-28-21(19)15-29-17-7-3-2-4-8-17/h2-13H,14-15H2,1H3,(H,24,26). The normalized spacial score (nSPS) is 10.9. The lowest BCUT2D eigenvalue weighted by Gasteiger charge is -2.18. The number of aromatic amines is 1. The average molecular weight is 404 g/mol. The molecule has 6 heteroatoms. The molecule has 0 unspecified atom stereocenters. The summed E-state index contributed by atoms with van der Waals surface area (Å²) >= 11 is 1.62. The van der Waals surface area contributed by atoms with Crippen LogP contribution in [0.3, 0.4) is 0 Å². The van der Waals surface area contributed by atoms with Gasteiger partial charge in [-0.2, -0.15) is 0 Å². The number of amides is 1. The number of pyridine rings is 1. The van der Waals surface area contributed by atoms with Crippen LogP contribution in [-0.2, 0) is 12.3 Å². The van der Waals surface area contributed by atoms with Crippen molar-refractivity contribution in [3.63, 3.8) is 0 Å². The average Bonchev–Trinajstić information content (AvgIpc) is 3.21. The molecule has 2 aromatic heterocycles. The van der Waals surface area contributed by atoms with E-state index in [1.165, 1.54) is 0 Å². The van der Waals surface area contributed by atoms with E-state index in [0.717, 1.165) is 21.4 Å². The molecule has 29 heavy (non-hydrogen) atoms. The summed E-state index contributed by atoms with van der Waals surface area (Å²) in [4.78, 5) is 30.6. The van der Waals surface area contributed by atoms with Crippen molar-refractivity contribution < 1.29 is 9.21 Å². The lowest BCUT2D eigenvalue weighted by atomic mass is 10.1. The van der Waals surface area contributed by atoms with Crippen molar-refractivity contribution in [1.29, 1.82) is 0 Å². The molecule has 2 heterocycles. The molecular formula is C23H20N2O3S. The van der Waals surface area contributed by atoms with Crippen LogP contribution in [0.25, 0.3) is 10.9 Å². The number of hydrogen-bond donors (Lipinski definition) is 1. The smallest absolute Gasteiger partial charge is 0.257 e. The van der Waals surface area contributed by atoms with Gasteiger partial charge in [0.25, 0.3) is 5.91 Å². The second-order valence-corrected chi connectivity index (χ2v) is 7.77. The molecule has 2 aromatic carbocycles. The van der Waals surface area contributed by atoms with Crippen LogP contribution in [0.15, 0.2) is 87.1 Å². The number of furan rings is 1. The molecule has 0 saturated carbocycles. The van der Waals surface area contributed by atoms with E-state index < -0.39 is 0 Å². The van der Waals surface area contributed by atoms with Gasteiger partial charge in [0.2, 0.25) is 5.56 Å². The molecule has 146 valence electrons. The quantitative estimate of drug-likeness (QED) is 0.474. The maximum atomic E-state index is 13.0. The van der Waals surface area contributed by atoms with Gasteiger partial charge < -0.3 is 14.3 Å². The first kappa shape index (κ1) is 19.1. The van der Waals surface area contributed by atoms with Crippen LogP contribution < -0.4 is 5.56 Å². The highest BCUT2D eigenvalue weighted by Gasteiger charge is 2.19. The molecule has 1 amide bonds. The number of hydrogen-bond acceptors (Lipinski definition) is 4. The Balaban J connectivity index is 1.52. The second kappa shape index (κ2) is 8.41. The number of fused-ring (bicyclic) bond motifs is 1. The van der Waals surface area contributed by atoms with Crippen LogP contribution in [0.5, 0.6) is 0 Å². The van der Waals surface area contributed by atoms with E-state index in [0.29, 0.717) is 23.6 Å². The number of carbonyl (C=O) groups excluding carboxylic acids is 1. The van der Waals surface area contributed by atoms with Gasteiger partial charge in [0.1, 0.15) is 5.76 Å². The SMILES string of the molecule is CN(Cc1cc(=O)[nH]c2ccccc12)C(=O)c1ccoc1CSc1ccccc1. The lowest BCUT2D eigenvalue weighted by molar-refractivity contribution is 0.0783. The Hall–Kier alpha value is -3.25. The van der Waals surface area contributed by atoms with Crippen molar-refractivity contribution in [3.05, 3.63) is 100 Å². The largest absolute Gasteiger partial charge is 0.468 e. The summed E-state index contributed by atoms with van der Waals surface area (Å²) in [6.07, 6.45) is 1.55. The van der Waals surface area contributed by atoms with Gasteiger partial charge in [0.15, 0.2) is 0 Å². The zero-order valence-corrected chi connectivity index (χ0v) is 16.7. The van der Waals surface area contributed by atoms with Crippen molar-refractivity contribution in [2.45, 2.75) is 17.2 Å². The summed E-state index contributed by atoms with van der Waals surface area (Å²) in [5.74, 6) is 1.08. The Morgan fingerprint density at radius 2 is 1.83 bits per heavy atom. The Morgan fingerprint density at radius 1 is 1.07 bits per heavy atom. The van der Waals surface area contributed by atoms with E-state index in [1.54, 1.807) is 42.1 Å². The summed E-state index contributed by atoms with van der Waals surface area (Å²) in [6, 6.07) is 20.8. The molecule has 0 aliphatic carbocycles. The minimum atomic E-state index is -0.178. The van der Waals surface area contributed by atoms with E-state index in [4.69, 9.17) is 4.42 Å². The number of nitrogens with one attached hydrogen (secondary N) is 1. The second-order valence-electron chi connectivity index (χ2n) is 6.72. The first-order valence-electron chi connectivity index (χ1n) is 9.22. The first-order valence-corrected chi connectivity index (χ1v) is 10.2. The van der Waals surface area contributed by atoms with Crippen LogP contribution in [-0.4, -0.2) is 22.8 Å². The highest BCUT2D eigenvalue weighted by Crippen LogP contribution is 2.26. The number of carbonyl (C=O) groups is 1. The lowest BCUT2D eigenvalue weighted by Crippen LogP contribution is -2.27. The molecule has 0 aliphatic heterocycles. The number of nitrogens with zero attached hydrogens (tertiary/aromatic N) is 1. The fourth-order valence-electron chi connectivity index (χ4n) is 3.25. The minimum Gasteiger partial charge on any atom is -0.468 e. The molecule has 0 aliphatic rings. The molecule has 0 fully saturated rings. The maximum absolute atomic E-state index is 13.0. The van der Waals surface area contributed by atoms with Crippen LogP contribution in [0, 0.1) is 0 Å². The van der Waals surface area contributed by atoms with Crippen molar-refractivity contribution in [2.24, 2.45) is 0 Å². The van der Waals surface area contributed by atoms with Crippen LogP contribution in [0.2, 0.25) is 0 Å². The molecule has 1 N–H and O–H groups in total. The van der Waals surface area contributed by atoms with Crippen molar-refractivity contribution in [2.75, 3.05) is 7.05 Å².